The number of aliphatic hydroxyl groups excluding tert-OH is 1. The van der Waals surface area contributed by atoms with E-state index < -0.39 is 17.8 Å². The first-order valence-electron chi connectivity index (χ1n) is 9.57. The predicted molar refractivity (Wildman–Crippen MR) is 106 cm³/mol. The number of aryl methyl sites for hydroxylation is 1. The number of amides is 1. The second-order valence-electron chi connectivity index (χ2n) is 7.43. The Morgan fingerprint density at radius 2 is 2.03 bits per heavy atom. The molecular formula is C22H21F3N2O2. The van der Waals surface area contributed by atoms with E-state index in [1.165, 1.54) is 12.1 Å². The molecule has 1 heterocycles. The number of anilines is 2. The smallest absolute Gasteiger partial charge is 0.393 e. The van der Waals surface area contributed by atoms with Crippen molar-refractivity contribution in [3.63, 3.8) is 0 Å². The van der Waals surface area contributed by atoms with Gasteiger partial charge in [0.05, 0.1) is 11.7 Å². The van der Waals surface area contributed by atoms with Gasteiger partial charge in [-0.1, -0.05) is 18.2 Å². The summed E-state index contributed by atoms with van der Waals surface area (Å²) in [7, 11) is 0. The SMILES string of the molecule is O=C(C=C1CCNc2cc(C(F)(F)F)ccc21)Nc1cccc2c1CC(O)CC2. The highest BCUT2D eigenvalue weighted by atomic mass is 19.4. The first-order chi connectivity index (χ1) is 13.8. The molecule has 3 N–H and O–H groups in total. The van der Waals surface area contributed by atoms with Crippen LogP contribution in [0.25, 0.3) is 5.57 Å². The molecule has 2 aromatic carbocycles. The van der Waals surface area contributed by atoms with Crippen LogP contribution in [0.15, 0.2) is 42.5 Å². The second-order valence-corrected chi connectivity index (χ2v) is 7.43. The number of aliphatic hydroxyl groups is 1. The van der Waals surface area contributed by atoms with Crippen molar-refractivity contribution >= 4 is 22.9 Å². The maximum absolute atomic E-state index is 12.9. The minimum Gasteiger partial charge on any atom is -0.393 e. The molecule has 1 unspecified atom stereocenters. The summed E-state index contributed by atoms with van der Waals surface area (Å²) < 4.78 is 38.8. The van der Waals surface area contributed by atoms with E-state index in [4.69, 9.17) is 0 Å². The standard InChI is InChI=1S/C22H21F3N2O2/c23-22(24,25)15-5-7-17-14(8-9-26-20(17)11-15)10-21(29)27-19-3-1-2-13-4-6-16(28)12-18(13)19/h1-3,5,7,10-11,16,26,28H,4,6,8-9,12H2,(H,27,29). The van der Waals surface area contributed by atoms with E-state index in [1.54, 1.807) is 6.07 Å². The van der Waals surface area contributed by atoms with Crippen molar-refractivity contribution in [2.75, 3.05) is 17.2 Å². The Labute approximate surface area is 166 Å². The Bertz CT molecular complexity index is 983. The zero-order valence-corrected chi connectivity index (χ0v) is 15.6. The largest absolute Gasteiger partial charge is 0.416 e. The first-order valence-corrected chi connectivity index (χ1v) is 9.57. The van der Waals surface area contributed by atoms with E-state index in [0.29, 0.717) is 48.3 Å². The third kappa shape index (κ3) is 4.15. The van der Waals surface area contributed by atoms with Crippen molar-refractivity contribution in [3.8, 4) is 0 Å². The lowest BCUT2D eigenvalue weighted by Gasteiger charge is -2.24. The molecule has 2 aromatic rings. The highest BCUT2D eigenvalue weighted by Gasteiger charge is 2.31. The second kappa shape index (κ2) is 7.55. The van der Waals surface area contributed by atoms with Crippen LogP contribution in [0, 0.1) is 0 Å². The Morgan fingerprint density at radius 3 is 2.83 bits per heavy atom. The third-order valence-corrected chi connectivity index (χ3v) is 5.43. The highest BCUT2D eigenvalue weighted by Crippen LogP contribution is 2.37. The van der Waals surface area contributed by atoms with Crippen LogP contribution in [0.3, 0.4) is 0 Å². The first kappa shape index (κ1) is 19.5. The molecule has 0 aromatic heterocycles. The predicted octanol–water partition coefficient (Wildman–Crippen LogP) is 4.39. The van der Waals surface area contributed by atoms with Crippen molar-refractivity contribution in [1.82, 2.24) is 0 Å². The average molecular weight is 402 g/mol. The number of carbonyl (C=O) groups is 1. The zero-order chi connectivity index (χ0) is 20.6. The average Bonchev–Trinajstić information content (AvgIpc) is 2.67. The van der Waals surface area contributed by atoms with Crippen LogP contribution in [0.4, 0.5) is 24.5 Å². The molecule has 1 amide bonds. The fraction of sp³-hybridized carbons (Fsp3) is 0.318. The van der Waals surface area contributed by atoms with Crippen molar-refractivity contribution in [1.29, 1.82) is 0 Å². The molecule has 4 rings (SSSR count). The molecule has 4 nitrogen and oxygen atoms in total. The minimum atomic E-state index is -4.41. The Morgan fingerprint density at radius 1 is 1.21 bits per heavy atom. The Hall–Kier alpha value is -2.80. The molecule has 29 heavy (non-hydrogen) atoms. The van der Waals surface area contributed by atoms with Crippen molar-refractivity contribution < 1.29 is 23.1 Å². The van der Waals surface area contributed by atoms with Crippen LogP contribution in [0.2, 0.25) is 0 Å². The lowest BCUT2D eigenvalue weighted by molar-refractivity contribution is -0.137. The van der Waals surface area contributed by atoms with Gasteiger partial charge >= 0.3 is 6.18 Å². The van der Waals surface area contributed by atoms with Crippen LogP contribution in [0.1, 0.15) is 35.1 Å². The van der Waals surface area contributed by atoms with Crippen molar-refractivity contribution in [3.05, 3.63) is 64.7 Å². The number of hydrogen-bond donors (Lipinski definition) is 3. The molecule has 1 aliphatic carbocycles. The Kier molecular flexibility index (Phi) is 5.08. The van der Waals surface area contributed by atoms with Gasteiger partial charge in [0.25, 0.3) is 0 Å². The monoisotopic (exact) mass is 402 g/mol. The lowest BCUT2D eigenvalue weighted by Crippen LogP contribution is -2.21. The summed E-state index contributed by atoms with van der Waals surface area (Å²) in [5.74, 6) is -0.332. The summed E-state index contributed by atoms with van der Waals surface area (Å²) in [6.45, 7) is 0.459. The molecular weight excluding hydrogens is 381 g/mol. The molecule has 0 saturated heterocycles. The lowest BCUT2D eigenvalue weighted by atomic mass is 9.88. The molecule has 1 aliphatic heterocycles. The van der Waals surface area contributed by atoms with Crippen LogP contribution < -0.4 is 10.6 Å². The van der Waals surface area contributed by atoms with Gasteiger partial charge in [0.1, 0.15) is 0 Å². The maximum Gasteiger partial charge on any atom is 0.416 e. The topological polar surface area (TPSA) is 61.4 Å². The van der Waals surface area contributed by atoms with Gasteiger partial charge in [0, 0.05) is 36.0 Å². The molecule has 2 aliphatic rings. The molecule has 0 spiro atoms. The van der Waals surface area contributed by atoms with E-state index >= 15 is 0 Å². The van der Waals surface area contributed by atoms with Gasteiger partial charge < -0.3 is 15.7 Å². The van der Waals surface area contributed by atoms with Crippen LogP contribution in [0.5, 0.6) is 0 Å². The molecule has 0 bridgehead atoms. The van der Waals surface area contributed by atoms with Gasteiger partial charge in [0.2, 0.25) is 5.91 Å². The van der Waals surface area contributed by atoms with E-state index in [-0.39, 0.29) is 5.91 Å². The minimum absolute atomic E-state index is 0.332. The Balaban J connectivity index is 1.58. The van der Waals surface area contributed by atoms with E-state index in [9.17, 15) is 23.1 Å². The summed E-state index contributed by atoms with van der Waals surface area (Å²) in [4.78, 5) is 12.6. The number of fused-ring (bicyclic) bond motifs is 2. The third-order valence-electron chi connectivity index (χ3n) is 5.43. The summed E-state index contributed by atoms with van der Waals surface area (Å²) in [5.41, 5.74) is 3.69. The zero-order valence-electron chi connectivity index (χ0n) is 15.6. The molecule has 0 saturated carbocycles. The molecule has 7 heteroatoms. The number of alkyl halides is 3. The molecule has 152 valence electrons. The summed E-state index contributed by atoms with van der Waals surface area (Å²) in [6, 6.07) is 9.19. The van der Waals surface area contributed by atoms with Crippen LogP contribution in [-0.2, 0) is 23.8 Å². The van der Waals surface area contributed by atoms with Gasteiger partial charge in [-0.25, -0.2) is 0 Å². The maximum atomic E-state index is 12.9. The quantitative estimate of drug-likeness (QED) is 0.653. The van der Waals surface area contributed by atoms with E-state index in [2.05, 4.69) is 10.6 Å². The highest BCUT2D eigenvalue weighted by molar-refractivity contribution is 6.05. The van der Waals surface area contributed by atoms with Crippen molar-refractivity contribution in [2.45, 2.75) is 38.0 Å². The number of nitrogens with one attached hydrogen (secondary N) is 2. The molecule has 0 radical (unpaired) electrons. The number of rotatable bonds is 2. The molecule has 0 fully saturated rings. The molecule has 1 atom stereocenters. The fourth-order valence-corrected chi connectivity index (χ4v) is 3.98. The van der Waals surface area contributed by atoms with Gasteiger partial charge in [-0.05, 0) is 54.2 Å². The number of carbonyl (C=O) groups excluding carboxylic acids is 1. The summed E-state index contributed by atoms with van der Waals surface area (Å²) >= 11 is 0. The van der Waals surface area contributed by atoms with Gasteiger partial charge in [-0.3, -0.25) is 4.79 Å². The normalized spacial score (nSPS) is 19.9. The fourth-order valence-electron chi connectivity index (χ4n) is 3.98. The van der Waals surface area contributed by atoms with Crippen molar-refractivity contribution in [2.24, 2.45) is 0 Å². The van der Waals surface area contributed by atoms with Gasteiger partial charge in [-0.2, -0.15) is 13.2 Å². The van der Waals surface area contributed by atoms with E-state index in [0.717, 1.165) is 29.7 Å². The van der Waals surface area contributed by atoms with Gasteiger partial charge in [0.15, 0.2) is 0 Å². The number of hydrogen-bond acceptors (Lipinski definition) is 3. The number of halogens is 3. The van der Waals surface area contributed by atoms with Gasteiger partial charge in [-0.15, -0.1) is 0 Å². The summed E-state index contributed by atoms with van der Waals surface area (Å²) in [6.07, 6.45) is -0.872. The van der Waals surface area contributed by atoms with Crippen LogP contribution in [-0.4, -0.2) is 23.7 Å². The van der Waals surface area contributed by atoms with E-state index in [1.807, 2.05) is 12.1 Å². The number of benzene rings is 2. The van der Waals surface area contributed by atoms with Crippen LogP contribution >= 0.6 is 0 Å². The summed E-state index contributed by atoms with van der Waals surface area (Å²) in [5, 5.41) is 15.8.